The molecule has 0 bridgehead atoms. The van der Waals surface area contributed by atoms with Crippen LogP contribution >= 0.6 is 0 Å². The standard InChI is InChI=1S/C20H26N2O4/c1-12(2)25-19(23)17-13(3)21-20(24)22-18(17)14-8-10-16(11-9-14)26-15-6-4-5-7-15/h8-12,15,18H,4-7H2,1-3H3,(H2,21,22,24). The van der Waals surface area contributed by atoms with Gasteiger partial charge in [0.25, 0.3) is 0 Å². The minimum Gasteiger partial charge on any atom is -0.490 e. The first kappa shape index (κ1) is 18.3. The van der Waals surface area contributed by atoms with Crippen LogP contribution in [-0.2, 0) is 9.53 Å². The van der Waals surface area contributed by atoms with Crippen LogP contribution in [0.25, 0.3) is 0 Å². The molecular formula is C20H26N2O4. The molecule has 2 amide bonds. The summed E-state index contributed by atoms with van der Waals surface area (Å²) in [5, 5.41) is 5.46. The van der Waals surface area contributed by atoms with Gasteiger partial charge in [-0.15, -0.1) is 0 Å². The zero-order chi connectivity index (χ0) is 18.7. The van der Waals surface area contributed by atoms with Crippen molar-refractivity contribution in [3.05, 3.63) is 41.1 Å². The first-order valence-electron chi connectivity index (χ1n) is 9.20. The van der Waals surface area contributed by atoms with E-state index in [2.05, 4.69) is 10.6 Å². The number of carbonyl (C=O) groups excluding carboxylic acids is 2. The van der Waals surface area contributed by atoms with E-state index >= 15 is 0 Å². The zero-order valence-electron chi connectivity index (χ0n) is 15.5. The fourth-order valence-electron chi connectivity index (χ4n) is 3.43. The lowest BCUT2D eigenvalue weighted by Gasteiger charge is -2.28. The second kappa shape index (κ2) is 7.81. The van der Waals surface area contributed by atoms with Crippen LogP contribution in [0.5, 0.6) is 5.75 Å². The third kappa shape index (κ3) is 4.18. The summed E-state index contributed by atoms with van der Waals surface area (Å²) in [7, 11) is 0. The highest BCUT2D eigenvalue weighted by Gasteiger charge is 2.32. The second-order valence-corrected chi connectivity index (χ2v) is 7.12. The van der Waals surface area contributed by atoms with Gasteiger partial charge in [0.2, 0.25) is 0 Å². The number of amides is 2. The third-order valence-electron chi connectivity index (χ3n) is 4.65. The molecule has 0 saturated heterocycles. The largest absolute Gasteiger partial charge is 0.490 e. The van der Waals surface area contributed by atoms with Gasteiger partial charge in [0.05, 0.1) is 23.8 Å². The van der Waals surface area contributed by atoms with Gasteiger partial charge in [-0.25, -0.2) is 9.59 Å². The molecule has 1 saturated carbocycles. The number of ether oxygens (including phenoxy) is 2. The summed E-state index contributed by atoms with van der Waals surface area (Å²) in [6, 6.07) is 6.67. The van der Waals surface area contributed by atoms with E-state index in [4.69, 9.17) is 9.47 Å². The Morgan fingerprint density at radius 2 is 1.81 bits per heavy atom. The number of urea groups is 1. The monoisotopic (exact) mass is 358 g/mol. The van der Waals surface area contributed by atoms with Crippen LogP contribution in [0.1, 0.15) is 58.1 Å². The van der Waals surface area contributed by atoms with E-state index in [0.29, 0.717) is 11.3 Å². The Labute approximate surface area is 153 Å². The number of rotatable bonds is 5. The van der Waals surface area contributed by atoms with Gasteiger partial charge in [-0.3, -0.25) is 0 Å². The highest BCUT2D eigenvalue weighted by atomic mass is 16.5. The van der Waals surface area contributed by atoms with Crippen molar-refractivity contribution in [2.24, 2.45) is 0 Å². The Balaban J connectivity index is 1.81. The minimum absolute atomic E-state index is 0.233. The van der Waals surface area contributed by atoms with Gasteiger partial charge in [0, 0.05) is 5.70 Å². The molecule has 1 aromatic carbocycles. The van der Waals surface area contributed by atoms with E-state index in [1.54, 1.807) is 20.8 Å². The molecule has 0 aromatic heterocycles. The van der Waals surface area contributed by atoms with Gasteiger partial charge in [-0.1, -0.05) is 12.1 Å². The summed E-state index contributed by atoms with van der Waals surface area (Å²) >= 11 is 0. The molecule has 3 rings (SSSR count). The number of hydrogen-bond donors (Lipinski definition) is 2. The Morgan fingerprint density at radius 3 is 2.42 bits per heavy atom. The van der Waals surface area contributed by atoms with Crippen LogP contribution in [0.3, 0.4) is 0 Å². The molecule has 1 unspecified atom stereocenters. The molecule has 0 radical (unpaired) electrons. The topological polar surface area (TPSA) is 76.7 Å². The summed E-state index contributed by atoms with van der Waals surface area (Å²) < 4.78 is 11.3. The van der Waals surface area contributed by atoms with E-state index in [1.165, 1.54) is 12.8 Å². The fraction of sp³-hybridized carbons (Fsp3) is 0.500. The molecule has 1 aliphatic heterocycles. The molecule has 1 aromatic rings. The van der Waals surface area contributed by atoms with Gasteiger partial charge in [0.15, 0.2) is 0 Å². The van der Waals surface area contributed by atoms with Gasteiger partial charge in [0.1, 0.15) is 5.75 Å². The lowest BCUT2D eigenvalue weighted by Crippen LogP contribution is -2.45. The van der Waals surface area contributed by atoms with E-state index in [0.717, 1.165) is 24.2 Å². The van der Waals surface area contributed by atoms with E-state index in [1.807, 2.05) is 24.3 Å². The number of carbonyl (C=O) groups is 2. The van der Waals surface area contributed by atoms with Crippen molar-refractivity contribution in [2.45, 2.75) is 64.7 Å². The predicted octanol–water partition coefficient (Wildman–Crippen LogP) is 3.59. The Bertz CT molecular complexity index is 703. The van der Waals surface area contributed by atoms with Crippen molar-refractivity contribution in [1.29, 1.82) is 0 Å². The average molecular weight is 358 g/mol. The molecule has 2 aliphatic rings. The molecule has 0 spiro atoms. The van der Waals surface area contributed by atoms with E-state index < -0.39 is 12.0 Å². The normalized spacial score (nSPS) is 20.8. The summed E-state index contributed by atoms with van der Waals surface area (Å²) in [6.07, 6.45) is 4.68. The van der Waals surface area contributed by atoms with Crippen LogP contribution in [0.2, 0.25) is 0 Å². The maximum Gasteiger partial charge on any atom is 0.338 e. The van der Waals surface area contributed by atoms with Crippen LogP contribution in [0.15, 0.2) is 35.5 Å². The van der Waals surface area contributed by atoms with Crippen molar-refractivity contribution in [3.63, 3.8) is 0 Å². The second-order valence-electron chi connectivity index (χ2n) is 7.12. The summed E-state index contributed by atoms with van der Waals surface area (Å²) in [5.74, 6) is 0.384. The van der Waals surface area contributed by atoms with Crippen LogP contribution < -0.4 is 15.4 Å². The number of esters is 1. The molecular weight excluding hydrogens is 332 g/mol. The molecule has 1 heterocycles. The van der Waals surface area contributed by atoms with Crippen molar-refractivity contribution >= 4 is 12.0 Å². The first-order valence-corrected chi connectivity index (χ1v) is 9.20. The van der Waals surface area contributed by atoms with Crippen molar-refractivity contribution in [3.8, 4) is 5.75 Å². The summed E-state index contributed by atoms with van der Waals surface area (Å²) in [6.45, 7) is 5.31. The van der Waals surface area contributed by atoms with Gasteiger partial charge in [-0.05, 0) is 64.2 Å². The quantitative estimate of drug-likeness (QED) is 0.789. The molecule has 6 heteroatoms. The van der Waals surface area contributed by atoms with Crippen LogP contribution in [0, 0.1) is 0 Å². The molecule has 1 aliphatic carbocycles. The lowest BCUT2D eigenvalue weighted by atomic mass is 9.95. The molecule has 26 heavy (non-hydrogen) atoms. The SMILES string of the molecule is CC1=C(C(=O)OC(C)C)C(c2ccc(OC3CCCC3)cc2)NC(=O)N1. The summed E-state index contributed by atoms with van der Waals surface area (Å²) in [5.41, 5.74) is 1.74. The molecule has 6 nitrogen and oxygen atoms in total. The minimum atomic E-state index is -0.546. The Kier molecular flexibility index (Phi) is 5.49. The van der Waals surface area contributed by atoms with E-state index in [9.17, 15) is 9.59 Å². The maximum atomic E-state index is 12.5. The van der Waals surface area contributed by atoms with E-state index in [-0.39, 0.29) is 18.2 Å². The Morgan fingerprint density at radius 1 is 1.15 bits per heavy atom. The van der Waals surface area contributed by atoms with Crippen molar-refractivity contribution in [1.82, 2.24) is 10.6 Å². The van der Waals surface area contributed by atoms with Crippen molar-refractivity contribution < 1.29 is 19.1 Å². The van der Waals surface area contributed by atoms with Gasteiger partial charge < -0.3 is 20.1 Å². The summed E-state index contributed by atoms with van der Waals surface area (Å²) in [4.78, 5) is 24.4. The number of benzene rings is 1. The maximum absolute atomic E-state index is 12.5. The number of hydrogen-bond acceptors (Lipinski definition) is 4. The number of allylic oxidation sites excluding steroid dienone is 1. The van der Waals surface area contributed by atoms with Crippen LogP contribution in [-0.4, -0.2) is 24.2 Å². The fourth-order valence-corrected chi connectivity index (χ4v) is 3.43. The molecule has 2 N–H and O–H groups in total. The zero-order valence-corrected chi connectivity index (χ0v) is 15.5. The lowest BCUT2D eigenvalue weighted by molar-refractivity contribution is -0.143. The highest BCUT2D eigenvalue weighted by molar-refractivity contribution is 5.95. The third-order valence-corrected chi connectivity index (χ3v) is 4.65. The Hall–Kier alpha value is -2.50. The smallest absolute Gasteiger partial charge is 0.338 e. The van der Waals surface area contributed by atoms with Gasteiger partial charge in [-0.2, -0.15) is 0 Å². The average Bonchev–Trinajstić information content (AvgIpc) is 3.07. The molecule has 140 valence electrons. The molecule has 1 atom stereocenters. The number of nitrogens with one attached hydrogen (secondary N) is 2. The van der Waals surface area contributed by atoms with Crippen LogP contribution in [0.4, 0.5) is 4.79 Å². The predicted molar refractivity (Wildman–Crippen MR) is 97.7 cm³/mol. The molecule has 1 fully saturated rings. The van der Waals surface area contributed by atoms with Crippen molar-refractivity contribution in [2.75, 3.05) is 0 Å². The first-order chi connectivity index (χ1) is 12.4. The highest BCUT2D eigenvalue weighted by Crippen LogP contribution is 2.30. The van der Waals surface area contributed by atoms with Gasteiger partial charge >= 0.3 is 12.0 Å².